The summed E-state index contributed by atoms with van der Waals surface area (Å²) in [5.41, 5.74) is 1.76. The van der Waals surface area contributed by atoms with Gasteiger partial charge in [-0.1, -0.05) is 36.5 Å². The van der Waals surface area contributed by atoms with E-state index in [4.69, 9.17) is 28.4 Å². The van der Waals surface area contributed by atoms with Gasteiger partial charge in [-0.15, -0.1) is 0 Å². The summed E-state index contributed by atoms with van der Waals surface area (Å²) >= 11 is 1.24. The van der Waals surface area contributed by atoms with Crippen molar-refractivity contribution in [3.05, 3.63) is 78.5 Å². The summed E-state index contributed by atoms with van der Waals surface area (Å²) in [5, 5.41) is 0. The number of hydrogen-bond acceptors (Lipinski definition) is 10. The second kappa shape index (κ2) is 12.0. The molecule has 0 unspecified atom stereocenters. The second-order valence-corrected chi connectivity index (χ2v) is 10.1. The van der Waals surface area contributed by atoms with Crippen LogP contribution in [0.3, 0.4) is 0 Å². The molecule has 2 aliphatic rings. The lowest BCUT2D eigenvalue weighted by Gasteiger charge is -2.27. The third-order valence-electron chi connectivity index (χ3n) is 6.43. The Balaban J connectivity index is 1.70. The lowest BCUT2D eigenvalue weighted by Crippen LogP contribution is -2.40. The molecule has 1 atom stereocenters. The number of allylic oxidation sites excluding steroid dienone is 1. The number of para-hydroxylation sites is 1. The first kappa shape index (κ1) is 27.5. The number of carbonyl (C=O) groups excluding carboxylic acids is 1. The largest absolute Gasteiger partial charge is 0.493 e. The number of ether oxygens (including phenoxy) is 6. The highest BCUT2D eigenvalue weighted by Crippen LogP contribution is 2.41. The van der Waals surface area contributed by atoms with Crippen LogP contribution in [0.15, 0.2) is 57.5 Å². The monoisotopic (exact) mass is 566 g/mol. The van der Waals surface area contributed by atoms with E-state index >= 15 is 0 Å². The molecule has 5 rings (SSSR count). The molecule has 0 radical (unpaired) electrons. The minimum absolute atomic E-state index is 0.0602. The Hall–Kier alpha value is -4.09. The number of fused-ring (bicyclic) bond motifs is 2. The maximum atomic E-state index is 14.0. The highest BCUT2D eigenvalue weighted by molar-refractivity contribution is 7.07. The number of aromatic nitrogens is 1. The Labute approximate surface area is 234 Å². The van der Waals surface area contributed by atoms with Crippen LogP contribution in [0.4, 0.5) is 0 Å². The van der Waals surface area contributed by atoms with Crippen molar-refractivity contribution < 1.29 is 33.2 Å². The smallest absolute Gasteiger partial charge is 0.338 e. The minimum atomic E-state index is -0.854. The van der Waals surface area contributed by atoms with E-state index in [9.17, 15) is 9.59 Å². The van der Waals surface area contributed by atoms with Crippen LogP contribution in [0.25, 0.3) is 6.08 Å². The first-order valence-electron chi connectivity index (χ1n) is 12.8. The van der Waals surface area contributed by atoms with E-state index in [0.717, 1.165) is 12.0 Å². The molecule has 0 fully saturated rings. The summed E-state index contributed by atoms with van der Waals surface area (Å²) in [7, 11) is 3.08. The first-order chi connectivity index (χ1) is 19.5. The predicted molar refractivity (Wildman–Crippen MR) is 148 cm³/mol. The molecule has 210 valence electrons. The Morgan fingerprint density at radius 2 is 1.98 bits per heavy atom. The molecule has 11 heteroatoms. The van der Waals surface area contributed by atoms with Crippen LogP contribution >= 0.6 is 11.3 Å². The second-order valence-electron chi connectivity index (χ2n) is 9.05. The fourth-order valence-corrected chi connectivity index (χ4v) is 5.64. The van der Waals surface area contributed by atoms with Crippen LogP contribution in [0.1, 0.15) is 37.4 Å². The number of carbonyl (C=O) groups is 1. The van der Waals surface area contributed by atoms with Crippen molar-refractivity contribution >= 4 is 23.4 Å². The Morgan fingerprint density at radius 1 is 1.15 bits per heavy atom. The van der Waals surface area contributed by atoms with Gasteiger partial charge in [-0.3, -0.25) is 9.36 Å². The van der Waals surface area contributed by atoms with E-state index < -0.39 is 12.0 Å². The fraction of sp³-hybridized carbons (Fsp3) is 0.345. The lowest BCUT2D eigenvalue weighted by atomic mass is 9.94. The van der Waals surface area contributed by atoms with Crippen LogP contribution in [-0.2, 0) is 14.3 Å². The summed E-state index contributed by atoms with van der Waals surface area (Å²) in [6.07, 6.45) is 2.54. The van der Waals surface area contributed by atoms with Crippen molar-refractivity contribution in [1.82, 2.24) is 4.57 Å². The third-order valence-corrected chi connectivity index (χ3v) is 7.41. The number of rotatable bonds is 10. The van der Waals surface area contributed by atoms with E-state index in [1.165, 1.54) is 23.0 Å². The molecule has 2 aliphatic heterocycles. The van der Waals surface area contributed by atoms with Gasteiger partial charge in [0, 0.05) is 12.7 Å². The maximum absolute atomic E-state index is 14.0. The molecular weight excluding hydrogens is 536 g/mol. The van der Waals surface area contributed by atoms with E-state index in [1.807, 2.05) is 25.1 Å². The van der Waals surface area contributed by atoms with Gasteiger partial charge in [0.2, 0.25) is 6.79 Å². The number of benzene rings is 2. The first-order valence-corrected chi connectivity index (χ1v) is 13.7. The normalized spacial score (nSPS) is 16.0. The molecule has 10 nitrogen and oxygen atoms in total. The summed E-state index contributed by atoms with van der Waals surface area (Å²) in [6, 6.07) is 10.0. The molecule has 3 aromatic rings. The topological polar surface area (TPSA) is 107 Å². The number of esters is 1. The standard InChI is InChI=1S/C29H30N2O8S/c1-5-11-36-26-19(7-6-8-21(26)35-4)25-24(28(33)37-13-12-34-3)17(2)30-29-31(25)27(32)23(40-29)15-18-9-10-20-22(14-18)39-16-38-20/h6-10,14-15,25H,5,11-13,16H2,1-4H3/b23-15+/t25-/m1/s1. The molecule has 0 saturated heterocycles. The summed E-state index contributed by atoms with van der Waals surface area (Å²) in [5.74, 6) is 1.64. The van der Waals surface area contributed by atoms with Crippen molar-refractivity contribution in [3.63, 3.8) is 0 Å². The van der Waals surface area contributed by atoms with Crippen LogP contribution < -0.4 is 33.8 Å². The molecule has 0 spiro atoms. The van der Waals surface area contributed by atoms with Crippen molar-refractivity contribution in [1.29, 1.82) is 0 Å². The Bertz CT molecular complexity index is 1640. The maximum Gasteiger partial charge on any atom is 0.338 e. The Kier molecular flexibility index (Phi) is 8.22. The van der Waals surface area contributed by atoms with Gasteiger partial charge in [-0.05, 0) is 43.2 Å². The van der Waals surface area contributed by atoms with Gasteiger partial charge in [0.1, 0.15) is 12.6 Å². The average molecular weight is 567 g/mol. The summed E-state index contributed by atoms with van der Waals surface area (Å²) < 4.78 is 35.2. The highest BCUT2D eigenvalue weighted by Gasteiger charge is 2.36. The average Bonchev–Trinajstić information content (AvgIpc) is 3.54. The van der Waals surface area contributed by atoms with Gasteiger partial charge in [-0.25, -0.2) is 9.79 Å². The van der Waals surface area contributed by atoms with Gasteiger partial charge in [-0.2, -0.15) is 0 Å². The zero-order valence-corrected chi connectivity index (χ0v) is 23.5. The molecule has 2 aromatic carbocycles. The fourth-order valence-electron chi connectivity index (χ4n) is 4.59. The van der Waals surface area contributed by atoms with Gasteiger partial charge >= 0.3 is 5.97 Å². The van der Waals surface area contributed by atoms with Gasteiger partial charge < -0.3 is 28.4 Å². The van der Waals surface area contributed by atoms with Crippen LogP contribution in [0.5, 0.6) is 23.0 Å². The van der Waals surface area contributed by atoms with E-state index in [-0.39, 0.29) is 31.1 Å². The molecule has 0 saturated carbocycles. The van der Waals surface area contributed by atoms with Crippen molar-refractivity contribution in [2.75, 3.05) is 40.8 Å². The zero-order valence-electron chi connectivity index (χ0n) is 22.7. The molecule has 0 N–H and O–H groups in total. The van der Waals surface area contributed by atoms with E-state index in [0.29, 0.717) is 50.2 Å². The number of thiazole rings is 1. The van der Waals surface area contributed by atoms with Crippen LogP contribution in [0, 0.1) is 0 Å². The van der Waals surface area contributed by atoms with Crippen LogP contribution in [-0.4, -0.2) is 51.4 Å². The minimum Gasteiger partial charge on any atom is -0.493 e. The van der Waals surface area contributed by atoms with Gasteiger partial charge in [0.15, 0.2) is 27.8 Å². The highest BCUT2D eigenvalue weighted by atomic mass is 32.1. The van der Waals surface area contributed by atoms with Crippen molar-refractivity contribution in [2.24, 2.45) is 4.99 Å². The molecule has 0 amide bonds. The zero-order chi connectivity index (χ0) is 28.2. The van der Waals surface area contributed by atoms with Crippen molar-refractivity contribution in [2.45, 2.75) is 26.3 Å². The SMILES string of the molecule is CCCOc1c(OC)cccc1[C@@H]1C(C(=O)OCCOC)=C(C)N=c2s/c(=C/c3ccc4c(c3)OCO4)c(=O)n21. The molecule has 3 heterocycles. The van der Waals surface area contributed by atoms with Gasteiger partial charge in [0.05, 0.1) is 36.1 Å². The van der Waals surface area contributed by atoms with Crippen molar-refractivity contribution in [3.8, 4) is 23.0 Å². The predicted octanol–water partition coefficient (Wildman–Crippen LogP) is 2.95. The van der Waals surface area contributed by atoms with E-state index in [2.05, 4.69) is 4.99 Å². The quantitative estimate of drug-likeness (QED) is 0.272. The molecule has 1 aromatic heterocycles. The van der Waals surface area contributed by atoms with Crippen LogP contribution in [0.2, 0.25) is 0 Å². The number of nitrogens with zero attached hydrogens (tertiary/aromatic N) is 2. The number of methoxy groups -OCH3 is 2. The third kappa shape index (κ3) is 5.22. The molecule has 40 heavy (non-hydrogen) atoms. The van der Waals surface area contributed by atoms with Gasteiger partial charge in [0.25, 0.3) is 5.56 Å². The summed E-state index contributed by atoms with van der Waals surface area (Å²) in [4.78, 5) is 32.6. The molecular formula is C29H30N2O8S. The van der Waals surface area contributed by atoms with E-state index in [1.54, 1.807) is 38.3 Å². The number of hydrogen-bond donors (Lipinski definition) is 0. The lowest BCUT2D eigenvalue weighted by molar-refractivity contribution is -0.140. The summed E-state index contributed by atoms with van der Waals surface area (Å²) in [6.45, 7) is 4.62. The molecule has 0 aliphatic carbocycles. The Morgan fingerprint density at radius 3 is 2.75 bits per heavy atom. The molecule has 0 bridgehead atoms.